The highest BCUT2D eigenvalue weighted by molar-refractivity contribution is 7.88. The number of nitrogens with zero attached hydrogens (tertiary/aromatic N) is 2. The highest BCUT2D eigenvalue weighted by Gasteiger charge is 2.48. The summed E-state index contributed by atoms with van der Waals surface area (Å²) in [5.74, 6) is -0.730. The number of fused-ring (bicyclic) bond motifs is 1. The molecule has 0 unspecified atom stereocenters. The number of hydrogen-bond acceptors (Lipinski definition) is 4. The van der Waals surface area contributed by atoms with Gasteiger partial charge >= 0.3 is 0 Å². The van der Waals surface area contributed by atoms with E-state index in [9.17, 15) is 17.2 Å². The van der Waals surface area contributed by atoms with Gasteiger partial charge in [0.2, 0.25) is 10.0 Å². The molecule has 2 heterocycles. The number of likely N-dealkylation sites (tertiary alicyclic amines) is 1. The minimum absolute atomic E-state index is 0.0479. The van der Waals surface area contributed by atoms with Gasteiger partial charge < -0.3 is 4.74 Å². The maximum atomic E-state index is 13.6. The zero-order valence-corrected chi connectivity index (χ0v) is 17.9. The lowest BCUT2D eigenvalue weighted by Gasteiger charge is -2.38. The van der Waals surface area contributed by atoms with Gasteiger partial charge in [-0.15, -0.1) is 0 Å². The Morgan fingerprint density at radius 3 is 2.43 bits per heavy atom. The number of hydrogen-bond donors (Lipinski definition) is 0. The van der Waals surface area contributed by atoms with Crippen LogP contribution in [0.3, 0.4) is 0 Å². The van der Waals surface area contributed by atoms with E-state index in [4.69, 9.17) is 4.74 Å². The predicted molar refractivity (Wildman–Crippen MR) is 111 cm³/mol. The molecule has 2 aliphatic rings. The summed E-state index contributed by atoms with van der Waals surface area (Å²) in [6, 6.07) is 11.7. The first-order valence-corrected chi connectivity index (χ1v) is 11.9. The molecule has 3 atom stereocenters. The molecule has 5 nitrogen and oxygen atoms in total. The van der Waals surface area contributed by atoms with Crippen LogP contribution in [0.4, 0.5) is 8.78 Å². The molecule has 2 aromatic carbocycles. The number of rotatable bonds is 5. The molecule has 0 amide bonds. The Morgan fingerprint density at radius 1 is 1.07 bits per heavy atom. The van der Waals surface area contributed by atoms with Gasteiger partial charge in [0.05, 0.1) is 13.4 Å². The van der Waals surface area contributed by atoms with Crippen molar-refractivity contribution in [3.05, 3.63) is 65.2 Å². The Hall–Kier alpha value is -2.03. The molecule has 30 heavy (non-hydrogen) atoms. The summed E-state index contributed by atoms with van der Waals surface area (Å²) in [5.41, 5.74) is 1.80. The summed E-state index contributed by atoms with van der Waals surface area (Å²) in [7, 11) is -1.70. The molecule has 2 saturated heterocycles. The van der Waals surface area contributed by atoms with E-state index in [1.54, 1.807) is 17.5 Å². The van der Waals surface area contributed by atoms with Gasteiger partial charge in [0.25, 0.3) is 0 Å². The molecule has 0 bridgehead atoms. The zero-order valence-electron chi connectivity index (χ0n) is 17.1. The Labute approximate surface area is 176 Å². The predicted octanol–water partition coefficient (Wildman–Crippen LogP) is 3.22. The van der Waals surface area contributed by atoms with Crippen LogP contribution in [0.1, 0.15) is 23.5 Å². The first kappa shape index (κ1) is 21.2. The van der Waals surface area contributed by atoms with E-state index in [0.29, 0.717) is 38.2 Å². The summed E-state index contributed by atoms with van der Waals surface area (Å²) in [6.45, 7) is 2.38. The largest absolute Gasteiger partial charge is 0.497 e. The fourth-order valence-electron chi connectivity index (χ4n) is 4.88. The van der Waals surface area contributed by atoms with Gasteiger partial charge in [-0.3, -0.25) is 4.90 Å². The molecule has 0 N–H and O–H groups in total. The van der Waals surface area contributed by atoms with Crippen molar-refractivity contribution in [3.8, 4) is 5.75 Å². The van der Waals surface area contributed by atoms with Gasteiger partial charge in [0.15, 0.2) is 11.6 Å². The lowest BCUT2D eigenvalue weighted by atomic mass is 9.82. The van der Waals surface area contributed by atoms with Crippen molar-refractivity contribution in [2.75, 3.05) is 33.0 Å². The number of methoxy groups -OCH3 is 1. The molecule has 0 saturated carbocycles. The van der Waals surface area contributed by atoms with Crippen LogP contribution in [-0.4, -0.2) is 56.7 Å². The minimum atomic E-state index is -3.31. The molecular weight excluding hydrogens is 410 g/mol. The Balaban J connectivity index is 1.57. The van der Waals surface area contributed by atoms with Crippen molar-refractivity contribution < 1.29 is 21.9 Å². The molecule has 0 aromatic heterocycles. The number of piperidine rings is 1. The Bertz CT molecular complexity index is 1010. The molecular formula is C22H26F2N2O3S. The lowest BCUT2D eigenvalue weighted by molar-refractivity contribution is 0.130. The average Bonchev–Trinajstić information content (AvgIpc) is 3.10. The monoisotopic (exact) mass is 436 g/mol. The van der Waals surface area contributed by atoms with E-state index >= 15 is 0 Å². The van der Waals surface area contributed by atoms with Gasteiger partial charge in [-0.05, 0) is 47.7 Å². The topological polar surface area (TPSA) is 49.9 Å². The summed E-state index contributed by atoms with van der Waals surface area (Å²) < 4.78 is 58.6. The third-order valence-electron chi connectivity index (χ3n) is 6.33. The van der Waals surface area contributed by atoms with Gasteiger partial charge in [-0.25, -0.2) is 17.2 Å². The molecule has 2 fully saturated rings. The second-order valence-corrected chi connectivity index (χ2v) is 10.2. The van der Waals surface area contributed by atoms with Crippen molar-refractivity contribution in [2.24, 2.45) is 5.92 Å². The Kier molecular flexibility index (Phi) is 5.83. The fraction of sp³-hybridized carbons (Fsp3) is 0.455. The van der Waals surface area contributed by atoms with Gasteiger partial charge in [-0.2, -0.15) is 4.31 Å². The molecule has 0 spiro atoms. The second-order valence-electron chi connectivity index (χ2n) is 8.22. The molecule has 2 aromatic rings. The van der Waals surface area contributed by atoms with Crippen LogP contribution in [-0.2, 0) is 16.6 Å². The van der Waals surface area contributed by atoms with E-state index in [0.717, 1.165) is 17.4 Å². The third-order valence-corrected chi connectivity index (χ3v) is 7.60. The van der Waals surface area contributed by atoms with E-state index in [1.807, 2.05) is 24.3 Å². The van der Waals surface area contributed by atoms with Gasteiger partial charge in [0, 0.05) is 38.1 Å². The van der Waals surface area contributed by atoms with Crippen LogP contribution in [0.15, 0.2) is 42.5 Å². The van der Waals surface area contributed by atoms with Crippen molar-refractivity contribution in [1.29, 1.82) is 0 Å². The lowest BCUT2D eigenvalue weighted by Crippen LogP contribution is -2.47. The number of halogens is 2. The fourth-order valence-corrected chi connectivity index (χ4v) is 6.07. The minimum Gasteiger partial charge on any atom is -0.497 e. The summed E-state index contributed by atoms with van der Waals surface area (Å²) in [4.78, 5) is 2.20. The summed E-state index contributed by atoms with van der Waals surface area (Å²) >= 11 is 0. The van der Waals surface area contributed by atoms with Gasteiger partial charge in [0.1, 0.15) is 5.75 Å². The summed E-state index contributed by atoms with van der Waals surface area (Å²) in [6.07, 6.45) is 1.99. The molecule has 162 valence electrons. The quantitative estimate of drug-likeness (QED) is 0.722. The number of benzene rings is 2. The average molecular weight is 437 g/mol. The highest BCUT2D eigenvalue weighted by Crippen LogP contribution is 2.43. The van der Waals surface area contributed by atoms with E-state index < -0.39 is 21.7 Å². The normalized spacial score (nSPS) is 25.3. The van der Waals surface area contributed by atoms with Crippen molar-refractivity contribution in [2.45, 2.75) is 24.9 Å². The molecule has 8 heteroatoms. The van der Waals surface area contributed by atoms with Crippen LogP contribution in [0.25, 0.3) is 0 Å². The SMILES string of the molecule is COc1ccc([C@@H]2CN(S(C)(=O)=O)[C@H]3CCN(Cc4ccc(F)c(F)c4)C[C@@H]23)cc1. The maximum Gasteiger partial charge on any atom is 0.211 e. The van der Waals surface area contributed by atoms with Gasteiger partial charge in [-0.1, -0.05) is 18.2 Å². The van der Waals surface area contributed by atoms with Crippen molar-refractivity contribution >= 4 is 10.0 Å². The molecule has 2 aliphatic heterocycles. The first-order valence-electron chi connectivity index (χ1n) is 10.0. The second kappa shape index (κ2) is 8.24. The maximum absolute atomic E-state index is 13.6. The van der Waals surface area contributed by atoms with Crippen LogP contribution < -0.4 is 4.74 Å². The van der Waals surface area contributed by atoms with Crippen molar-refractivity contribution in [3.63, 3.8) is 0 Å². The van der Waals surface area contributed by atoms with Crippen molar-refractivity contribution in [1.82, 2.24) is 9.21 Å². The van der Waals surface area contributed by atoms with Crippen LogP contribution in [0.5, 0.6) is 5.75 Å². The zero-order chi connectivity index (χ0) is 21.5. The molecule has 4 rings (SSSR count). The Morgan fingerprint density at radius 2 is 1.80 bits per heavy atom. The highest BCUT2D eigenvalue weighted by atomic mass is 32.2. The summed E-state index contributed by atoms with van der Waals surface area (Å²) in [5, 5.41) is 0. The van der Waals surface area contributed by atoms with E-state index in [-0.39, 0.29) is 17.9 Å². The molecule has 0 radical (unpaired) electrons. The number of ether oxygens (including phenoxy) is 1. The van der Waals surface area contributed by atoms with Crippen LogP contribution in [0, 0.1) is 17.6 Å². The number of sulfonamides is 1. The molecule has 0 aliphatic carbocycles. The smallest absolute Gasteiger partial charge is 0.211 e. The van der Waals surface area contributed by atoms with E-state index in [2.05, 4.69) is 4.90 Å². The third kappa shape index (κ3) is 4.22. The van der Waals surface area contributed by atoms with Crippen LogP contribution >= 0.6 is 0 Å². The standard InChI is InChI=1S/C22H26F2N2O3S/c1-29-17-6-4-16(5-7-17)18-14-26(30(2,27)28)22-9-10-25(13-19(18)22)12-15-3-8-20(23)21(24)11-15/h3-8,11,18-19,22H,9-10,12-14H2,1-2H3/t18-,19-,22-/m0/s1. The van der Waals surface area contributed by atoms with E-state index in [1.165, 1.54) is 12.3 Å². The first-order chi connectivity index (χ1) is 14.3. The van der Waals surface area contributed by atoms with Crippen LogP contribution in [0.2, 0.25) is 0 Å².